The van der Waals surface area contributed by atoms with E-state index in [1.54, 1.807) is 11.3 Å². The van der Waals surface area contributed by atoms with E-state index in [9.17, 15) is 4.79 Å². The number of rotatable bonds is 3. The highest BCUT2D eigenvalue weighted by Crippen LogP contribution is 2.30. The van der Waals surface area contributed by atoms with Gasteiger partial charge in [0, 0.05) is 9.75 Å². The van der Waals surface area contributed by atoms with Gasteiger partial charge >= 0.3 is 5.69 Å². The number of hydrogen-bond donors (Lipinski definition) is 1. The number of aromatic nitrogens is 4. The average Bonchev–Trinajstić information content (AvgIpc) is 3.20. The van der Waals surface area contributed by atoms with Gasteiger partial charge in [0.15, 0.2) is 12.0 Å². The second-order valence-electron chi connectivity index (χ2n) is 4.59. The SMILES string of the molecule is Cl.O=c1[nH]ncn1Cc1ccc(-c2ccc3ocnc3c2)s1. The predicted octanol–water partition coefficient (Wildman–Crippen LogP) is 2.91. The molecule has 0 aliphatic carbocycles. The molecule has 4 aromatic rings. The molecule has 0 fully saturated rings. The molecule has 0 spiro atoms. The predicted molar refractivity (Wildman–Crippen MR) is 86.5 cm³/mol. The number of thiophene rings is 1. The molecular formula is C14H11ClN4O2S. The van der Waals surface area contributed by atoms with Crippen molar-refractivity contribution in [3.63, 3.8) is 0 Å². The largest absolute Gasteiger partial charge is 0.443 e. The van der Waals surface area contributed by atoms with Crippen LogP contribution in [0.1, 0.15) is 4.88 Å². The van der Waals surface area contributed by atoms with E-state index in [1.807, 2.05) is 30.3 Å². The van der Waals surface area contributed by atoms with Crippen LogP contribution < -0.4 is 5.69 Å². The third-order valence-electron chi connectivity index (χ3n) is 3.22. The van der Waals surface area contributed by atoms with Gasteiger partial charge in [0.25, 0.3) is 0 Å². The van der Waals surface area contributed by atoms with E-state index in [1.165, 1.54) is 17.3 Å². The highest BCUT2D eigenvalue weighted by molar-refractivity contribution is 7.15. The topological polar surface area (TPSA) is 76.7 Å². The number of oxazole rings is 1. The van der Waals surface area contributed by atoms with Gasteiger partial charge in [0.1, 0.15) is 11.8 Å². The van der Waals surface area contributed by atoms with Crippen LogP contribution in [0.4, 0.5) is 0 Å². The van der Waals surface area contributed by atoms with Crippen LogP contribution in [0.5, 0.6) is 0 Å². The third kappa shape index (κ3) is 2.56. The van der Waals surface area contributed by atoms with Crippen LogP contribution in [0.2, 0.25) is 0 Å². The molecule has 0 aliphatic heterocycles. The first-order valence-corrected chi connectivity index (χ1v) is 7.13. The van der Waals surface area contributed by atoms with Crippen LogP contribution in [0, 0.1) is 0 Å². The number of aromatic amines is 1. The van der Waals surface area contributed by atoms with Crippen molar-refractivity contribution in [1.82, 2.24) is 19.7 Å². The highest BCUT2D eigenvalue weighted by Gasteiger charge is 2.07. The summed E-state index contributed by atoms with van der Waals surface area (Å²) in [4.78, 5) is 17.8. The molecule has 0 aliphatic rings. The molecule has 112 valence electrons. The normalized spacial score (nSPS) is 10.7. The van der Waals surface area contributed by atoms with Crippen LogP contribution in [0.3, 0.4) is 0 Å². The number of nitrogens with one attached hydrogen (secondary N) is 1. The monoisotopic (exact) mass is 334 g/mol. The van der Waals surface area contributed by atoms with E-state index >= 15 is 0 Å². The second-order valence-corrected chi connectivity index (χ2v) is 5.76. The lowest BCUT2D eigenvalue weighted by atomic mass is 10.2. The molecular weight excluding hydrogens is 324 g/mol. The van der Waals surface area contributed by atoms with Gasteiger partial charge in [-0.2, -0.15) is 5.10 Å². The van der Waals surface area contributed by atoms with Crippen LogP contribution in [0.25, 0.3) is 21.5 Å². The summed E-state index contributed by atoms with van der Waals surface area (Å²) in [5.41, 5.74) is 2.51. The Hall–Kier alpha value is -2.38. The van der Waals surface area contributed by atoms with Crippen molar-refractivity contribution in [2.24, 2.45) is 0 Å². The summed E-state index contributed by atoms with van der Waals surface area (Å²) in [6, 6.07) is 9.99. The summed E-state index contributed by atoms with van der Waals surface area (Å²) in [5, 5.41) is 6.11. The molecule has 3 aromatic heterocycles. The Kier molecular flexibility index (Phi) is 3.82. The summed E-state index contributed by atoms with van der Waals surface area (Å²) >= 11 is 1.64. The molecule has 1 N–H and O–H groups in total. The van der Waals surface area contributed by atoms with Crippen LogP contribution >= 0.6 is 23.7 Å². The minimum Gasteiger partial charge on any atom is -0.443 e. The van der Waals surface area contributed by atoms with Crippen LogP contribution in [-0.4, -0.2) is 19.7 Å². The van der Waals surface area contributed by atoms with Gasteiger partial charge in [0.2, 0.25) is 0 Å². The first-order chi connectivity index (χ1) is 10.3. The molecule has 0 atom stereocenters. The number of H-pyrrole nitrogens is 1. The molecule has 0 unspecified atom stereocenters. The average molecular weight is 335 g/mol. The Morgan fingerprint density at radius 1 is 1.27 bits per heavy atom. The zero-order chi connectivity index (χ0) is 14.2. The molecule has 0 saturated heterocycles. The summed E-state index contributed by atoms with van der Waals surface area (Å²) in [6.45, 7) is 0.520. The molecule has 0 bridgehead atoms. The summed E-state index contributed by atoms with van der Waals surface area (Å²) < 4.78 is 6.78. The van der Waals surface area contributed by atoms with E-state index < -0.39 is 0 Å². The van der Waals surface area contributed by atoms with Gasteiger partial charge in [-0.3, -0.25) is 4.57 Å². The first-order valence-electron chi connectivity index (χ1n) is 6.32. The van der Waals surface area contributed by atoms with Gasteiger partial charge in [-0.1, -0.05) is 0 Å². The molecule has 0 amide bonds. The molecule has 22 heavy (non-hydrogen) atoms. The standard InChI is InChI=1S/C14H10N4O2S.ClH/c19-14-17-16-7-18(14)6-10-2-4-13(21-10)9-1-3-12-11(5-9)15-8-20-12;/h1-5,7-8H,6H2,(H,17,19);1H. The number of hydrogen-bond acceptors (Lipinski definition) is 5. The summed E-state index contributed by atoms with van der Waals surface area (Å²) in [7, 11) is 0. The van der Waals surface area contributed by atoms with Gasteiger partial charge in [-0.05, 0) is 35.9 Å². The van der Waals surface area contributed by atoms with Crippen molar-refractivity contribution in [3.05, 3.63) is 58.4 Å². The van der Waals surface area contributed by atoms with Crippen LogP contribution in [0.15, 0.2) is 52.3 Å². The maximum absolute atomic E-state index is 11.4. The van der Waals surface area contributed by atoms with Gasteiger partial charge in [-0.25, -0.2) is 14.9 Å². The third-order valence-corrected chi connectivity index (χ3v) is 4.34. The number of halogens is 1. The fourth-order valence-corrected chi connectivity index (χ4v) is 3.18. The highest BCUT2D eigenvalue weighted by atomic mass is 35.5. The minimum absolute atomic E-state index is 0. The van der Waals surface area contributed by atoms with E-state index in [0.717, 1.165) is 26.4 Å². The van der Waals surface area contributed by atoms with Crippen molar-refractivity contribution < 1.29 is 4.42 Å². The fourth-order valence-electron chi connectivity index (χ4n) is 2.18. The Morgan fingerprint density at radius 2 is 2.18 bits per heavy atom. The van der Waals surface area contributed by atoms with E-state index in [4.69, 9.17) is 4.42 Å². The van der Waals surface area contributed by atoms with Crippen molar-refractivity contribution in [1.29, 1.82) is 0 Å². The van der Waals surface area contributed by atoms with E-state index in [0.29, 0.717) is 6.54 Å². The Balaban J connectivity index is 0.00000144. The number of nitrogens with zero attached hydrogens (tertiary/aromatic N) is 3. The Morgan fingerprint density at radius 3 is 3.00 bits per heavy atom. The summed E-state index contributed by atoms with van der Waals surface area (Å²) in [6.07, 6.45) is 2.95. The zero-order valence-corrected chi connectivity index (χ0v) is 12.9. The fraction of sp³-hybridized carbons (Fsp3) is 0.0714. The van der Waals surface area contributed by atoms with Gasteiger partial charge in [0.05, 0.1) is 6.54 Å². The summed E-state index contributed by atoms with van der Waals surface area (Å²) in [5.74, 6) is 0. The number of fused-ring (bicyclic) bond motifs is 1. The molecule has 0 saturated carbocycles. The van der Waals surface area contributed by atoms with Gasteiger partial charge < -0.3 is 4.42 Å². The Bertz CT molecular complexity index is 968. The molecule has 1 aromatic carbocycles. The molecule has 4 rings (SSSR count). The zero-order valence-electron chi connectivity index (χ0n) is 11.2. The maximum Gasteiger partial charge on any atom is 0.343 e. The second kappa shape index (κ2) is 5.78. The molecule has 8 heteroatoms. The van der Waals surface area contributed by atoms with E-state index in [-0.39, 0.29) is 18.1 Å². The molecule has 6 nitrogen and oxygen atoms in total. The van der Waals surface area contributed by atoms with Crippen molar-refractivity contribution in [2.75, 3.05) is 0 Å². The van der Waals surface area contributed by atoms with Crippen molar-refractivity contribution >= 4 is 34.8 Å². The molecule has 3 heterocycles. The number of benzene rings is 1. The molecule has 0 radical (unpaired) electrons. The minimum atomic E-state index is -0.200. The van der Waals surface area contributed by atoms with Crippen molar-refractivity contribution in [3.8, 4) is 10.4 Å². The van der Waals surface area contributed by atoms with Crippen LogP contribution in [-0.2, 0) is 6.54 Å². The van der Waals surface area contributed by atoms with Crippen molar-refractivity contribution in [2.45, 2.75) is 6.54 Å². The Labute approximate surface area is 134 Å². The van der Waals surface area contributed by atoms with Gasteiger partial charge in [-0.15, -0.1) is 23.7 Å². The lowest BCUT2D eigenvalue weighted by Crippen LogP contribution is -2.16. The van der Waals surface area contributed by atoms with E-state index in [2.05, 4.69) is 15.2 Å². The lowest BCUT2D eigenvalue weighted by Gasteiger charge is -1.97. The quantitative estimate of drug-likeness (QED) is 0.625. The first kappa shape index (κ1) is 14.6. The lowest BCUT2D eigenvalue weighted by molar-refractivity contribution is 0.602. The maximum atomic E-state index is 11.4. The smallest absolute Gasteiger partial charge is 0.343 e.